The second-order valence-electron chi connectivity index (χ2n) is 11.0. The molecule has 0 unspecified atom stereocenters. The molecule has 1 saturated heterocycles. The molecular weight excluding hydrogens is 460 g/mol. The third-order valence-electron chi connectivity index (χ3n) is 6.75. The minimum atomic E-state index is -0.981. The number of rotatable bonds is 9. The molecule has 2 atom stereocenters. The minimum absolute atomic E-state index is 0.00671. The number of aryl methyl sites for hydroxylation is 2. The number of hydrogen-bond donors (Lipinski definition) is 2. The van der Waals surface area contributed by atoms with E-state index in [9.17, 15) is 19.5 Å². The van der Waals surface area contributed by atoms with E-state index < -0.39 is 18.1 Å². The second kappa shape index (κ2) is 10.9. The van der Waals surface area contributed by atoms with Gasteiger partial charge in [-0.2, -0.15) is 0 Å². The molecule has 35 heavy (non-hydrogen) atoms. The van der Waals surface area contributed by atoms with E-state index >= 15 is 0 Å². The molecule has 3 rings (SSSR count). The average molecular weight is 499 g/mol. The van der Waals surface area contributed by atoms with Crippen LogP contribution in [0.3, 0.4) is 0 Å². The molecule has 2 heterocycles. The largest absolute Gasteiger partial charge is 0.481 e. The molecule has 0 aliphatic carbocycles. The molecule has 2 N–H and O–H groups in total. The Labute approximate surface area is 212 Å². The molecule has 0 spiro atoms. The highest BCUT2D eigenvalue weighted by Crippen LogP contribution is 2.36. The van der Waals surface area contributed by atoms with Crippen LogP contribution in [0.5, 0.6) is 0 Å². The van der Waals surface area contributed by atoms with Crippen LogP contribution >= 0.6 is 11.3 Å². The van der Waals surface area contributed by atoms with Gasteiger partial charge in [-0.25, -0.2) is 0 Å². The lowest BCUT2D eigenvalue weighted by Gasteiger charge is -2.42. The van der Waals surface area contributed by atoms with Crippen molar-refractivity contribution in [3.05, 3.63) is 46.3 Å². The van der Waals surface area contributed by atoms with Gasteiger partial charge in [0, 0.05) is 17.8 Å². The number of benzene rings is 1. The van der Waals surface area contributed by atoms with E-state index in [4.69, 9.17) is 0 Å². The van der Waals surface area contributed by atoms with Crippen molar-refractivity contribution >= 4 is 29.1 Å². The second-order valence-corrected chi connectivity index (χ2v) is 11.9. The Morgan fingerprint density at radius 2 is 1.86 bits per heavy atom. The number of piperidine rings is 1. The Kier molecular flexibility index (Phi) is 8.42. The molecule has 2 amide bonds. The fourth-order valence-corrected chi connectivity index (χ4v) is 6.03. The smallest absolute Gasteiger partial charge is 0.305 e. The van der Waals surface area contributed by atoms with Gasteiger partial charge < -0.3 is 15.3 Å². The summed E-state index contributed by atoms with van der Waals surface area (Å²) in [4.78, 5) is 40.9. The SMILES string of the molecule is Cc1cccc(C)c1-c1cc([C@H](CC(=O)O)NC(=O)[C@H](CC(C)C)N2CC(C)(C)CCC2=O)cs1. The van der Waals surface area contributed by atoms with Gasteiger partial charge in [0.1, 0.15) is 6.04 Å². The van der Waals surface area contributed by atoms with Crippen molar-refractivity contribution in [3.63, 3.8) is 0 Å². The van der Waals surface area contributed by atoms with Crippen molar-refractivity contribution in [2.24, 2.45) is 11.3 Å². The van der Waals surface area contributed by atoms with Gasteiger partial charge in [0.2, 0.25) is 11.8 Å². The van der Waals surface area contributed by atoms with Crippen LogP contribution in [0.2, 0.25) is 0 Å². The summed E-state index contributed by atoms with van der Waals surface area (Å²) in [5, 5.41) is 14.5. The Balaban J connectivity index is 1.89. The summed E-state index contributed by atoms with van der Waals surface area (Å²) in [6.45, 7) is 12.9. The Bertz CT molecular complexity index is 1070. The number of carboxylic acids is 1. The first-order chi connectivity index (χ1) is 16.4. The van der Waals surface area contributed by atoms with Crippen molar-refractivity contribution in [1.29, 1.82) is 0 Å². The Morgan fingerprint density at radius 3 is 2.46 bits per heavy atom. The maximum absolute atomic E-state index is 13.6. The Morgan fingerprint density at radius 1 is 1.20 bits per heavy atom. The molecule has 190 valence electrons. The standard InChI is InChI=1S/C28H38N2O4S/c1-17(2)12-22(30-16-28(5,6)11-10-24(30)31)27(34)29-21(14-25(32)33)20-13-23(35-15-20)26-18(3)8-7-9-19(26)4/h7-9,13,15,17,21-22H,10-12,14,16H2,1-6H3,(H,29,34)(H,32,33)/t21-,22-/m0/s1. The average Bonchev–Trinajstić information content (AvgIpc) is 3.22. The zero-order chi connectivity index (χ0) is 25.9. The number of nitrogens with zero attached hydrogens (tertiary/aromatic N) is 1. The van der Waals surface area contributed by atoms with Crippen LogP contribution in [0.4, 0.5) is 0 Å². The molecule has 7 heteroatoms. The fourth-order valence-electron chi connectivity index (χ4n) is 4.89. The van der Waals surface area contributed by atoms with Crippen LogP contribution in [0.15, 0.2) is 29.6 Å². The van der Waals surface area contributed by atoms with Crippen molar-refractivity contribution < 1.29 is 19.5 Å². The van der Waals surface area contributed by atoms with E-state index in [1.54, 1.807) is 16.2 Å². The quantitative estimate of drug-likeness (QED) is 0.462. The van der Waals surface area contributed by atoms with E-state index in [2.05, 4.69) is 45.1 Å². The van der Waals surface area contributed by atoms with Gasteiger partial charge in [-0.05, 0) is 71.7 Å². The number of carbonyl (C=O) groups is 3. The maximum Gasteiger partial charge on any atom is 0.305 e. The summed E-state index contributed by atoms with van der Waals surface area (Å²) in [6.07, 6.45) is 1.54. The van der Waals surface area contributed by atoms with Crippen molar-refractivity contribution in [2.45, 2.75) is 79.3 Å². The topological polar surface area (TPSA) is 86.7 Å². The summed E-state index contributed by atoms with van der Waals surface area (Å²) in [5.74, 6) is -1.06. The molecule has 0 saturated carbocycles. The first kappa shape index (κ1) is 26.9. The van der Waals surface area contributed by atoms with Crippen LogP contribution in [0.25, 0.3) is 10.4 Å². The molecule has 1 aliphatic rings. The summed E-state index contributed by atoms with van der Waals surface area (Å²) < 4.78 is 0. The summed E-state index contributed by atoms with van der Waals surface area (Å²) in [7, 11) is 0. The summed E-state index contributed by atoms with van der Waals surface area (Å²) in [6, 6.07) is 6.85. The number of likely N-dealkylation sites (tertiary alicyclic amines) is 1. The van der Waals surface area contributed by atoms with Gasteiger partial charge in [0.15, 0.2) is 0 Å². The minimum Gasteiger partial charge on any atom is -0.481 e. The van der Waals surface area contributed by atoms with Crippen LogP contribution in [-0.4, -0.2) is 40.4 Å². The number of aliphatic carboxylic acids is 1. The van der Waals surface area contributed by atoms with Crippen LogP contribution < -0.4 is 5.32 Å². The first-order valence-electron chi connectivity index (χ1n) is 12.3. The predicted octanol–water partition coefficient (Wildman–Crippen LogP) is 5.73. The van der Waals surface area contributed by atoms with E-state index in [0.717, 1.165) is 33.6 Å². The fraction of sp³-hybridized carbons (Fsp3) is 0.536. The van der Waals surface area contributed by atoms with Crippen LogP contribution in [0, 0.1) is 25.2 Å². The lowest BCUT2D eigenvalue weighted by Crippen LogP contribution is -2.55. The highest BCUT2D eigenvalue weighted by Gasteiger charge is 2.39. The van der Waals surface area contributed by atoms with Crippen molar-refractivity contribution in [2.75, 3.05) is 6.54 Å². The predicted molar refractivity (Wildman–Crippen MR) is 140 cm³/mol. The van der Waals surface area contributed by atoms with Crippen LogP contribution in [-0.2, 0) is 14.4 Å². The number of carboxylic acid groups (broad SMARTS) is 1. The summed E-state index contributed by atoms with van der Waals surface area (Å²) in [5.41, 5.74) is 4.17. The molecule has 1 aromatic heterocycles. The molecule has 0 radical (unpaired) electrons. The highest BCUT2D eigenvalue weighted by molar-refractivity contribution is 7.13. The maximum atomic E-state index is 13.6. The number of hydrogen-bond acceptors (Lipinski definition) is 4. The van der Waals surface area contributed by atoms with Gasteiger partial charge in [0.05, 0.1) is 12.5 Å². The summed E-state index contributed by atoms with van der Waals surface area (Å²) >= 11 is 1.55. The number of nitrogens with one attached hydrogen (secondary N) is 1. The molecule has 6 nitrogen and oxygen atoms in total. The van der Waals surface area contributed by atoms with Gasteiger partial charge in [-0.15, -0.1) is 11.3 Å². The normalized spacial score (nSPS) is 17.3. The molecule has 1 fully saturated rings. The van der Waals surface area contributed by atoms with Gasteiger partial charge >= 0.3 is 5.97 Å². The van der Waals surface area contributed by atoms with Crippen molar-refractivity contribution in [3.8, 4) is 10.4 Å². The van der Waals surface area contributed by atoms with E-state index in [1.807, 2.05) is 31.4 Å². The molecule has 2 aromatic rings. The monoisotopic (exact) mass is 498 g/mol. The number of amides is 2. The lowest BCUT2D eigenvalue weighted by molar-refractivity contribution is -0.147. The van der Waals surface area contributed by atoms with Crippen LogP contribution in [0.1, 0.15) is 76.1 Å². The third-order valence-corrected chi connectivity index (χ3v) is 7.72. The van der Waals surface area contributed by atoms with Gasteiger partial charge in [-0.3, -0.25) is 14.4 Å². The van der Waals surface area contributed by atoms with E-state index in [1.165, 1.54) is 0 Å². The zero-order valence-corrected chi connectivity index (χ0v) is 22.5. The van der Waals surface area contributed by atoms with Crippen molar-refractivity contribution in [1.82, 2.24) is 10.2 Å². The van der Waals surface area contributed by atoms with E-state index in [0.29, 0.717) is 19.4 Å². The lowest BCUT2D eigenvalue weighted by atomic mass is 9.82. The van der Waals surface area contributed by atoms with E-state index in [-0.39, 0.29) is 29.6 Å². The molecule has 0 bridgehead atoms. The third kappa shape index (κ3) is 6.72. The number of thiophene rings is 1. The molecule has 1 aliphatic heterocycles. The highest BCUT2D eigenvalue weighted by atomic mass is 32.1. The molecular formula is C28H38N2O4S. The van der Waals surface area contributed by atoms with Gasteiger partial charge in [0.25, 0.3) is 0 Å². The number of carbonyl (C=O) groups excluding carboxylic acids is 2. The van der Waals surface area contributed by atoms with Gasteiger partial charge in [-0.1, -0.05) is 45.9 Å². The first-order valence-corrected chi connectivity index (χ1v) is 13.2. The molecule has 1 aromatic carbocycles. The zero-order valence-electron chi connectivity index (χ0n) is 21.7. The Hall–Kier alpha value is -2.67.